The first-order valence-corrected chi connectivity index (χ1v) is 10.1. The van der Waals surface area contributed by atoms with E-state index in [1.54, 1.807) is 60.5 Å². The zero-order valence-corrected chi connectivity index (χ0v) is 17.7. The summed E-state index contributed by atoms with van der Waals surface area (Å²) in [6.07, 6.45) is 0.919. The van der Waals surface area contributed by atoms with Crippen LogP contribution in [0.1, 0.15) is 19.8 Å². The van der Waals surface area contributed by atoms with Gasteiger partial charge in [-0.15, -0.1) is 0 Å². The number of halogens is 1. The SMILES string of the molecule is CCCOc1ccc(N2C(=O)CC(N(C)CC(=O)Nc3ccc(Cl)cc3)C2=O)cc1. The molecule has 3 amide bonds. The third-order valence-corrected chi connectivity index (χ3v) is 5.00. The molecule has 1 fully saturated rings. The maximum absolute atomic E-state index is 12.9. The van der Waals surface area contributed by atoms with E-state index in [2.05, 4.69) is 5.32 Å². The molecule has 2 aromatic rings. The van der Waals surface area contributed by atoms with Gasteiger partial charge >= 0.3 is 0 Å². The van der Waals surface area contributed by atoms with Gasteiger partial charge in [0.2, 0.25) is 11.8 Å². The second-order valence-electron chi connectivity index (χ2n) is 7.10. The average molecular weight is 430 g/mol. The van der Waals surface area contributed by atoms with Gasteiger partial charge in [-0.25, -0.2) is 4.90 Å². The minimum Gasteiger partial charge on any atom is -0.494 e. The van der Waals surface area contributed by atoms with Crippen molar-refractivity contribution in [1.82, 2.24) is 4.90 Å². The Morgan fingerprint density at radius 2 is 1.83 bits per heavy atom. The second-order valence-corrected chi connectivity index (χ2v) is 7.54. The predicted molar refractivity (Wildman–Crippen MR) is 116 cm³/mol. The molecule has 0 spiro atoms. The Hall–Kier alpha value is -2.90. The highest BCUT2D eigenvalue weighted by atomic mass is 35.5. The lowest BCUT2D eigenvalue weighted by atomic mass is 10.2. The van der Waals surface area contributed by atoms with Crippen molar-refractivity contribution < 1.29 is 19.1 Å². The smallest absolute Gasteiger partial charge is 0.251 e. The van der Waals surface area contributed by atoms with Crippen molar-refractivity contribution in [3.05, 3.63) is 53.6 Å². The normalized spacial score (nSPS) is 16.3. The van der Waals surface area contributed by atoms with Gasteiger partial charge < -0.3 is 10.1 Å². The molecular formula is C22H24ClN3O4. The number of imide groups is 1. The Labute approximate surface area is 180 Å². The highest BCUT2D eigenvalue weighted by Crippen LogP contribution is 2.27. The standard InChI is InChI=1S/C22H24ClN3O4/c1-3-12-30-18-10-8-17(9-11-18)26-21(28)13-19(22(26)29)25(2)14-20(27)24-16-6-4-15(23)5-7-16/h4-11,19H,3,12-14H2,1-2H3,(H,24,27). The highest BCUT2D eigenvalue weighted by molar-refractivity contribution is 6.30. The van der Waals surface area contributed by atoms with E-state index in [1.165, 1.54) is 4.90 Å². The molecule has 1 saturated heterocycles. The van der Waals surface area contributed by atoms with Crippen molar-refractivity contribution in [2.75, 3.05) is 30.4 Å². The first kappa shape index (κ1) is 21.8. The van der Waals surface area contributed by atoms with Gasteiger partial charge in [-0.1, -0.05) is 18.5 Å². The van der Waals surface area contributed by atoms with Crippen LogP contribution in [0.4, 0.5) is 11.4 Å². The minimum atomic E-state index is -0.690. The van der Waals surface area contributed by atoms with Gasteiger partial charge in [0.25, 0.3) is 5.91 Å². The lowest BCUT2D eigenvalue weighted by Crippen LogP contribution is -2.43. The van der Waals surface area contributed by atoms with Crippen LogP contribution in [-0.2, 0) is 14.4 Å². The fraction of sp³-hybridized carbons (Fsp3) is 0.318. The van der Waals surface area contributed by atoms with Gasteiger partial charge in [0, 0.05) is 10.7 Å². The number of rotatable bonds is 8. The van der Waals surface area contributed by atoms with Crippen LogP contribution in [-0.4, -0.2) is 48.9 Å². The van der Waals surface area contributed by atoms with Gasteiger partial charge in [0.1, 0.15) is 5.75 Å². The van der Waals surface area contributed by atoms with Crippen LogP contribution in [0.5, 0.6) is 5.75 Å². The number of likely N-dealkylation sites (N-methyl/N-ethyl adjacent to an activating group) is 1. The molecule has 1 atom stereocenters. The maximum atomic E-state index is 12.9. The molecule has 0 aliphatic carbocycles. The number of nitrogens with one attached hydrogen (secondary N) is 1. The summed E-state index contributed by atoms with van der Waals surface area (Å²) in [4.78, 5) is 40.5. The highest BCUT2D eigenvalue weighted by Gasteiger charge is 2.42. The second kappa shape index (κ2) is 9.73. The molecule has 0 bridgehead atoms. The summed E-state index contributed by atoms with van der Waals surface area (Å²) in [5, 5.41) is 3.33. The number of anilines is 2. The topological polar surface area (TPSA) is 79.0 Å². The Balaban J connectivity index is 1.61. The summed E-state index contributed by atoms with van der Waals surface area (Å²) in [5.74, 6) is -0.232. The van der Waals surface area contributed by atoms with Crippen molar-refractivity contribution in [2.45, 2.75) is 25.8 Å². The van der Waals surface area contributed by atoms with Crippen LogP contribution >= 0.6 is 11.6 Å². The summed E-state index contributed by atoms with van der Waals surface area (Å²) >= 11 is 5.84. The van der Waals surface area contributed by atoms with Crippen molar-refractivity contribution in [3.63, 3.8) is 0 Å². The Morgan fingerprint density at radius 1 is 1.17 bits per heavy atom. The molecule has 1 unspecified atom stereocenters. The number of amides is 3. The summed E-state index contributed by atoms with van der Waals surface area (Å²) in [6.45, 7) is 2.60. The monoisotopic (exact) mass is 429 g/mol. The van der Waals surface area contributed by atoms with Crippen LogP contribution in [0.2, 0.25) is 5.02 Å². The molecule has 1 heterocycles. The van der Waals surface area contributed by atoms with E-state index in [4.69, 9.17) is 16.3 Å². The maximum Gasteiger partial charge on any atom is 0.251 e. The van der Waals surface area contributed by atoms with E-state index in [9.17, 15) is 14.4 Å². The Bertz CT molecular complexity index is 915. The van der Waals surface area contributed by atoms with Crippen molar-refractivity contribution in [2.24, 2.45) is 0 Å². The summed E-state index contributed by atoms with van der Waals surface area (Å²) in [6, 6.07) is 12.9. The fourth-order valence-electron chi connectivity index (χ4n) is 3.21. The number of carbonyl (C=O) groups excluding carboxylic acids is 3. The van der Waals surface area contributed by atoms with E-state index in [1.807, 2.05) is 6.92 Å². The first-order valence-electron chi connectivity index (χ1n) is 9.74. The van der Waals surface area contributed by atoms with Crippen LogP contribution in [0.25, 0.3) is 0 Å². The number of ether oxygens (including phenoxy) is 1. The molecule has 3 rings (SSSR count). The molecule has 0 radical (unpaired) electrons. The molecule has 158 valence electrons. The Kier molecular flexibility index (Phi) is 7.07. The number of hydrogen-bond donors (Lipinski definition) is 1. The van der Waals surface area contributed by atoms with E-state index in [-0.39, 0.29) is 30.7 Å². The van der Waals surface area contributed by atoms with E-state index >= 15 is 0 Å². The zero-order valence-electron chi connectivity index (χ0n) is 16.9. The van der Waals surface area contributed by atoms with Gasteiger partial charge in [-0.05, 0) is 62.0 Å². The molecule has 30 heavy (non-hydrogen) atoms. The number of nitrogens with zero attached hydrogens (tertiary/aromatic N) is 2. The molecular weight excluding hydrogens is 406 g/mol. The number of hydrogen-bond acceptors (Lipinski definition) is 5. The van der Waals surface area contributed by atoms with Gasteiger partial charge in [-0.2, -0.15) is 0 Å². The van der Waals surface area contributed by atoms with Crippen LogP contribution < -0.4 is 15.0 Å². The first-order chi connectivity index (χ1) is 14.4. The summed E-state index contributed by atoms with van der Waals surface area (Å²) in [7, 11) is 1.66. The van der Waals surface area contributed by atoms with Gasteiger partial charge in [-0.3, -0.25) is 19.3 Å². The lowest BCUT2D eigenvalue weighted by molar-refractivity contribution is -0.123. The summed E-state index contributed by atoms with van der Waals surface area (Å²) in [5.41, 5.74) is 1.11. The van der Waals surface area contributed by atoms with Crippen molar-refractivity contribution in [1.29, 1.82) is 0 Å². The van der Waals surface area contributed by atoms with E-state index in [0.717, 1.165) is 6.42 Å². The van der Waals surface area contributed by atoms with E-state index in [0.29, 0.717) is 28.8 Å². The molecule has 1 aliphatic heterocycles. The van der Waals surface area contributed by atoms with Crippen LogP contribution in [0.3, 0.4) is 0 Å². The molecule has 8 heteroatoms. The number of benzene rings is 2. The van der Waals surface area contributed by atoms with Crippen molar-refractivity contribution in [3.8, 4) is 5.75 Å². The minimum absolute atomic E-state index is 0.0239. The molecule has 1 N–H and O–H groups in total. The van der Waals surface area contributed by atoms with E-state index < -0.39 is 6.04 Å². The van der Waals surface area contributed by atoms with Crippen molar-refractivity contribution >= 4 is 40.7 Å². The fourth-order valence-corrected chi connectivity index (χ4v) is 3.34. The molecule has 7 nitrogen and oxygen atoms in total. The molecule has 0 aromatic heterocycles. The average Bonchev–Trinajstić information content (AvgIpc) is 3.02. The third kappa shape index (κ3) is 5.17. The lowest BCUT2D eigenvalue weighted by Gasteiger charge is -2.22. The van der Waals surface area contributed by atoms with Gasteiger partial charge in [0.05, 0.1) is 31.3 Å². The van der Waals surface area contributed by atoms with Gasteiger partial charge in [0.15, 0.2) is 0 Å². The largest absolute Gasteiger partial charge is 0.494 e. The number of carbonyl (C=O) groups is 3. The van der Waals surface area contributed by atoms with Crippen LogP contribution in [0.15, 0.2) is 48.5 Å². The Morgan fingerprint density at radius 3 is 2.47 bits per heavy atom. The zero-order chi connectivity index (χ0) is 21.7. The third-order valence-electron chi connectivity index (χ3n) is 4.74. The van der Waals surface area contributed by atoms with Crippen LogP contribution in [0, 0.1) is 0 Å². The predicted octanol–water partition coefficient (Wildman–Crippen LogP) is 3.33. The quantitative estimate of drug-likeness (QED) is 0.651. The molecule has 1 aliphatic rings. The molecule has 2 aromatic carbocycles. The summed E-state index contributed by atoms with van der Waals surface area (Å²) < 4.78 is 5.54. The molecule has 0 saturated carbocycles.